The van der Waals surface area contributed by atoms with Crippen molar-refractivity contribution in [2.24, 2.45) is 0 Å². The van der Waals surface area contributed by atoms with Crippen LogP contribution in [0.5, 0.6) is 0 Å². The van der Waals surface area contributed by atoms with Crippen molar-refractivity contribution < 1.29 is 15.0 Å². The summed E-state index contributed by atoms with van der Waals surface area (Å²) in [6, 6.07) is -0.637. The first kappa shape index (κ1) is 38.6. The van der Waals surface area contributed by atoms with E-state index in [-0.39, 0.29) is 12.5 Å². The highest BCUT2D eigenvalue weighted by Crippen LogP contribution is 2.12. The zero-order valence-corrected chi connectivity index (χ0v) is 26.6. The molecule has 0 fully saturated rings. The van der Waals surface area contributed by atoms with E-state index in [1.807, 2.05) is 6.08 Å². The van der Waals surface area contributed by atoms with Crippen molar-refractivity contribution >= 4 is 5.91 Å². The van der Waals surface area contributed by atoms with Crippen molar-refractivity contribution in [3.8, 4) is 0 Å². The van der Waals surface area contributed by atoms with E-state index in [0.717, 1.165) is 32.1 Å². The molecule has 0 aromatic rings. The number of carbonyl (C=O) groups excluding carboxylic acids is 1. The van der Waals surface area contributed by atoms with Gasteiger partial charge in [0.2, 0.25) is 5.91 Å². The lowest BCUT2D eigenvalue weighted by atomic mass is 10.1. The number of hydrogen-bond donors (Lipinski definition) is 3. The quantitative estimate of drug-likeness (QED) is 0.0603. The smallest absolute Gasteiger partial charge is 0.220 e. The van der Waals surface area contributed by atoms with Gasteiger partial charge in [0.1, 0.15) is 0 Å². The molecule has 3 N–H and O–H groups in total. The zero-order chi connectivity index (χ0) is 29.4. The second-order valence-corrected chi connectivity index (χ2v) is 11.6. The van der Waals surface area contributed by atoms with E-state index in [4.69, 9.17) is 0 Å². The fourth-order valence-electron chi connectivity index (χ4n) is 4.89. The van der Waals surface area contributed by atoms with E-state index in [9.17, 15) is 15.0 Å². The van der Waals surface area contributed by atoms with Crippen LogP contribution < -0.4 is 5.32 Å². The van der Waals surface area contributed by atoms with E-state index in [1.165, 1.54) is 116 Å². The minimum absolute atomic E-state index is 0.0823. The number of carbonyl (C=O) groups is 1. The Hall–Kier alpha value is -1.39. The number of unbranched alkanes of at least 4 members (excludes halogenated alkanes) is 19. The molecule has 0 heterocycles. The molecule has 1 amide bonds. The molecule has 0 bridgehead atoms. The van der Waals surface area contributed by atoms with E-state index < -0.39 is 12.1 Å². The molecule has 0 aromatic heterocycles. The van der Waals surface area contributed by atoms with Crippen LogP contribution in [-0.4, -0.2) is 34.9 Å². The molecular formula is C36H67NO3. The number of amides is 1. The van der Waals surface area contributed by atoms with Gasteiger partial charge in [0.15, 0.2) is 0 Å². The Bertz CT molecular complexity index is 613. The third kappa shape index (κ3) is 28.1. The minimum Gasteiger partial charge on any atom is -0.394 e. The first-order chi connectivity index (χ1) is 19.7. The van der Waals surface area contributed by atoms with Crippen LogP contribution in [0.25, 0.3) is 0 Å². The Labute approximate surface area is 249 Å². The Morgan fingerprint density at radius 1 is 0.575 bits per heavy atom. The molecule has 0 saturated heterocycles. The predicted octanol–water partition coefficient (Wildman–Crippen LogP) is 9.90. The summed E-state index contributed by atoms with van der Waals surface area (Å²) in [5.41, 5.74) is 0. The molecule has 0 spiro atoms. The van der Waals surface area contributed by atoms with Crippen LogP contribution in [0.4, 0.5) is 0 Å². The van der Waals surface area contributed by atoms with Gasteiger partial charge in [0, 0.05) is 6.42 Å². The summed E-state index contributed by atoms with van der Waals surface area (Å²) in [4.78, 5) is 12.3. The second-order valence-electron chi connectivity index (χ2n) is 11.6. The average molecular weight is 562 g/mol. The molecule has 4 nitrogen and oxygen atoms in total. The van der Waals surface area contributed by atoms with Gasteiger partial charge < -0.3 is 15.5 Å². The third-order valence-electron chi connectivity index (χ3n) is 7.60. The topological polar surface area (TPSA) is 69.6 Å². The van der Waals surface area contributed by atoms with Crippen molar-refractivity contribution in [2.75, 3.05) is 6.61 Å². The van der Waals surface area contributed by atoms with Gasteiger partial charge in [-0.3, -0.25) is 4.79 Å². The normalized spacial score (nSPS) is 13.6. The lowest BCUT2D eigenvalue weighted by Gasteiger charge is -2.19. The van der Waals surface area contributed by atoms with Crippen molar-refractivity contribution in [2.45, 2.75) is 180 Å². The number of allylic oxidation sites excluding steroid dienone is 5. The van der Waals surface area contributed by atoms with Crippen molar-refractivity contribution in [3.05, 3.63) is 36.5 Å². The molecule has 0 unspecified atom stereocenters. The standard InChI is InChI=1S/C36H67NO3/c1-3-5-7-9-11-13-15-16-17-18-19-20-22-24-26-28-30-32-36(40)37-34(33-38)35(39)31-29-27-25-23-21-14-12-10-8-6-4-2/h16-17,21,23,29,31,34-35,38-39H,3-15,18-20,22,24-28,30,32-33H2,1-2H3,(H,37,40)/b17-16+,23-21+,31-29+/t34-,35+/m0/s1. The largest absolute Gasteiger partial charge is 0.394 e. The fourth-order valence-corrected chi connectivity index (χ4v) is 4.89. The highest BCUT2D eigenvalue weighted by molar-refractivity contribution is 5.76. The lowest BCUT2D eigenvalue weighted by Crippen LogP contribution is -2.45. The van der Waals surface area contributed by atoms with Crippen LogP contribution in [0.1, 0.15) is 168 Å². The molecule has 0 saturated carbocycles. The summed E-state index contributed by atoms with van der Waals surface area (Å²) in [6.07, 6.45) is 40.8. The number of rotatable bonds is 30. The molecule has 0 radical (unpaired) electrons. The summed E-state index contributed by atoms with van der Waals surface area (Å²) in [5, 5.41) is 22.8. The maximum absolute atomic E-state index is 12.3. The summed E-state index contributed by atoms with van der Waals surface area (Å²) >= 11 is 0. The van der Waals surface area contributed by atoms with Crippen LogP contribution in [0.2, 0.25) is 0 Å². The van der Waals surface area contributed by atoms with Gasteiger partial charge in [0.25, 0.3) is 0 Å². The fraction of sp³-hybridized carbons (Fsp3) is 0.806. The molecule has 0 aliphatic rings. The van der Waals surface area contributed by atoms with E-state index in [0.29, 0.717) is 6.42 Å². The first-order valence-corrected chi connectivity index (χ1v) is 17.2. The maximum atomic E-state index is 12.3. The monoisotopic (exact) mass is 562 g/mol. The molecule has 0 aliphatic carbocycles. The minimum atomic E-state index is -0.859. The van der Waals surface area contributed by atoms with Crippen LogP contribution in [0, 0.1) is 0 Å². The van der Waals surface area contributed by atoms with Crippen molar-refractivity contribution in [1.29, 1.82) is 0 Å². The number of aliphatic hydroxyl groups excluding tert-OH is 2. The molecular weight excluding hydrogens is 494 g/mol. The predicted molar refractivity (Wildman–Crippen MR) is 175 cm³/mol. The Morgan fingerprint density at radius 2 is 0.975 bits per heavy atom. The Kier molecular flexibility index (Phi) is 31.0. The molecule has 40 heavy (non-hydrogen) atoms. The first-order valence-electron chi connectivity index (χ1n) is 17.2. The zero-order valence-electron chi connectivity index (χ0n) is 26.6. The number of aliphatic hydroxyl groups is 2. The van der Waals surface area contributed by atoms with Crippen LogP contribution in [0.15, 0.2) is 36.5 Å². The highest BCUT2D eigenvalue weighted by atomic mass is 16.3. The van der Waals surface area contributed by atoms with E-state index in [1.54, 1.807) is 6.08 Å². The SMILES string of the molecule is CCCCCCC/C=C/CC/C=C/[C@@H](O)[C@H](CO)NC(=O)CCCCCCCCC/C=C/CCCCCCCC. The molecule has 0 rings (SSSR count). The van der Waals surface area contributed by atoms with Gasteiger partial charge >= 0.3 is 0 Å². The van der Waals surface area contributed by atoms with Gasteiger partial charge in [-0.05, 0) is 57.8 Å². The van der Waals surface area contributed by atoms with Crippen molar-refractivity contribution in [1.82, 2.24) is 5.32 Å². The van der Waals surface area contributed by atoms with Gasteiger partial charge in [-0.25, -0.2) is 0 Å². The van der Waals surface area contributed by atoms with E-state index in [2.05, 4.69) is 43.5 Å². The molecule has 234 valence electrons. The Morgan fingerprint density at radius 3 is 1.45 bits per heavy atom. The van der Waals surface area contributed by atoms with Crippen LogP contribution in [-0.2, 0) is 4.79 Å². The summed E-state index contributed by atoms with van der Waals surface area (Å²) in [7, 11) is 0. The highest BCUT2D eigenvalue weighted by Gasteiger charge is 2.17. The average Bonchev–Trinajstić information content (AvgIpc) is 2.96. The second kappa shape index (κ2) is 32.1. The van der Waals surface area contributed by atoms with Crippen LogP contribution in [0.3, 0.4) is 0 Å². The number of nitrogens with one attached hydrogen (secondary N) is 1. The van der Waals surface area contributed by atoms with Gasteiger partial charge in [-0.1, -0.05) is 140 Å². The molecule has 2 atom stereocenters. The maximum Gasteiger partial charge on any atom is 0.220 e. The van der Waals surface area contributed by atoms with Crippen molar-refractivity contribution in [3.63, 3.8) is 0 Å². The summed E-state index contributed by atoms with van der Waals surface area (Å²) < 4.78 is 0. The molecule has 0 aliphatic heterocycles. The van der Waals surface area contributed by atoms with Gasteiger partial charge in [0.05, 0.1) is 18.8 Å². The third-order valence-corrected chi connectivity index (χ3v) is 7.60. The lowest BCUT2D eigenvalue weighted by molar-refractivity contribution is -0.123. The number of hydrogen-bond acceptors (Lipinski definition) is 3. The van der Waals surface area contributed by atoms with E-state index >= 15 is 0 Å². The Balaban J connectivity index is 3.67. The van der Waals surface area contributed by atoms with Gasteiger partial charge in [-0.2, -0.15) is 0 Å². The molecule has 0 aromatic carbocycles. The molecule has 4 heteroatoms. The summed E-state index contributed by atoms with van der Waals surface area (Å²) in [6.45, 7) is 4.25. The summed E-state index contributed by atoms with van der Waals surface area (Å²) in [5.74, 6) is -0.0823. The van der Waals surface area contributed by atoms with Gasteiger partial charge in [-0.15, -0.1) is 0 Å². The van der Waals surface area contributed by atoms with Crippen LogP contribution >= 0.6 is 0 Å².